The Morgan fingerprint density at radius 3 is 2.62 bits per heavy atom. The third-order valence-electron chi connectivity index (χ3n) is 2.94. The van der Waals surface area contributed by atoms with E-state index in [0.717, 1.165) is 26.4 Å². The Kier molecular flexibility index (Phi) is 5.70. The van der Waals surface area contributed by atoms with Crippen LogP contribution in [0.15, 0.2) is 51.8 Å². The molecule has 0 fully saturated rings. The minimum atomic E-state index is 0.0208. The number of thioether (sulfide) groups is 1. The number of aryl methyl sites for hydroxylation is 1. The molecule has 21 heavy (non-hydrogen) atoms. The summed E-state index contributed by atoms with van der Waals surface area (Å²) >= 11 is 5.08. The summed E-state index contributed by atoms with van der Waals surface area (Å²) in [6, 6.07) is 13.6. The fourth-order valence-electron chi connectivity index (χ4n) is 1.83. The Labute approximate surface area is 137 Å². The van der Waals surface area contributed by atoms with E-state index in [9.17, 15) is 4.79 Å². The molecule has 2 rings (SSSR count). The summed E-state index contributed by atoms with van der Waals surface area (Å²) in [6.07, 6.45) is 0.477. The Balaban J connectivity index is 1.81. The van der Waals surface area contributed by atoms with Crippen LogP contribution in [0.1, 0.15) is 12.0 Å². The maximum absolute atomic E-state index is 11.9. The lowest BCUT2D eigenvalue weighted by Crippen LogP contribution is -2.13. The molecular weight excluding hydrogens is 348 g/mol. The monoisotopic (exact) mass is 364 g/mol. The van der Waals surface area contributed by atoms with Gasteiger partial charge in [0.05, 0.1) is 0 Å². The Bertz CT molecular complexity index is 629. The van der Waals surface area contributed by atoms with Gasteiger partial charge in [-0.3, -0.25) is 4.79 Å². The van der Waals surface area contributed by atoms with E-state index in [2.05, 4.69) is 21.2 Å². The molecule has 0 aromatic heterocycles. The van der Waals surface area contributed by atoms with Gasteiger partial charge in [0.15, 0.2) is 0 Å². The number of carbonyl (C=O) groups excluding carboxylic acids is 1. The molecule has 0 atom stereocenters. The second kappa shape index (κ2) is 7.52. The summed E-state index contributed by atoms with van der Waals surface area (Å²) in [5.41, 5.74) is 8.20. The molecule has 1 amide bonds. The van der Waals surface area contributed by atoms with Crippen LogP contribution in [0.2, 0.25) is 0 Å². The topological polar surface area (TPSA) is 55.1 Å². The predicted molar refractivity (Wildman–Crippen MR) is 93.7 cm³/mol. The van der Waals surface area contributed by atoms with Crippen molar-refractivity contribution < 1.29 is 4.79 Å². The van der Waals surface area contributed by atoms with E-state index in [1.165, 1.54) is 0 Å². The van der Waals surface area contributed by atoms with Crippen molar-refractivity contribution in [2.45, 2.75) is 18.2 Å². The first kappa shape index (κ1) is 15.9. The van der Waals surface area contributed by atoms with Crippen LogP contribution in [-0.4, -0.2) is 11.7 Å². The van der Waals surface area contributed by atoms with Gasteiger partial charge >= 0.3 is 0 Å². The van der Waals surface area contributed by atoms with E-state index in [0.29, 0.717) is 12.1 Å². The van der Waals surface area contributed by atoms with E-state index in [-0.39, 0.29) is 5.91 Å². The number of benzene rings is 2. The smallest absolute Gasteiger partial charge is 0.225 e. The highest BCUT2D eigenvalue weighted by Gasteiger charge is 2.05. The average molecular weight is 365 g/mol. The highest BCUT2D eigenvalue weighted by Crippen LogP contribution is 2.22. The van der Waals surface area contributed by atoms with E-state index in [1.807, 2.05) is 43.3 Å². The number of anilines is 2. The maximum atomic E-state index is 11.9. The van der Waals surface area contributed by atoms with Crippen LogP contribution in [0.3, 0.4) is 0 Å². The minimum Gasteiger partial charge on any atom is -0.399 e. The number of halogens is 1. The molecular formula is C16H17BrN2OS. The second-order valence-corrected chi connectivity index (χ2v) is 6.76. The van der Waals surface area contributed by atoms with Gasteiger partial charge in [-0.25, -0.2) is 0 Å². The van der Waals surface area contributed by atoms with Crippen molar-refractivity contribution in [3.63, 3.8) is 0 Å². The van der Waals surface area contributed by atoms with Gasteiger partial charge in [0.1, 0.15) is 0 Å². The number of carbonyl (C=O) groups is 1. The molecule has 0 aliphatic rings. The van der Waals surface area contributed by atoms with E-state index in [4.69, 9.17) is 5.73 Å². The standard InChI is InChI=1S/C16H17BrN2OS/c1-11-10-13(18)4-7-15(11)19-16(20)8-9-21-14-5-2-12(17)3-6-14/h2-7,10H,8-9,18H2,1H3,(H,19,20). The molecule has 0 saturated carbocycles. The summed E-state index contributed by atoms with van der Waals surface area (Å²) in [5.74, 6) is 0.772. The molecule has 0 bridgehead atoms. The van der Waals surface area contributed by atoms with Crippen LogP contribution < -0.4 is 11.1 Å². The van der Waals surface area contributed by atoms with Gasteiger partial charge in [0.2, 0.25) is 5.91 Å². The van der Waals surface area contributed by atoms with Gasteiger partial charge in [0.25, 0.3) is 0 Å². The molecule has 3 nitrogen and oxygen atoms in total. The van der Waals surface area contributed by atoms with Crippen molar-refractivity contribution in [2.24, 2.45) is 0 Å². The first-order valence-electron chi connectivity index (χ1n) is 6.59. The van der Waals surface area contributed by atoms with Gasteiger partial charge in [-0.15, -0.1) is 11.8 Å². The number of nitrogen functional groups attached to an aromatic ring is 1. The molecule has 0 radical (unpaired) electrons. The fraction of sp³-hybridized carbons (Fsp3) is 0.188. The number of amides is 1. The van der Waals surface area contributed by atoms with Crippen molar-refractivity contribution in [1.29, 1.82) is 0 Å². The molecule has 0 heterocycles. The second-order valence-electron chi connectivity index (χ2n) is 4.67. The van der Waals surface area contributed by atoms with Gasteiger partial charge in [-0.05, 0) is 55.0 Å². The van der Waals surface area contributed by atoms with Crippen molar-refractivity contribution in [3.05, 3.63) is 52.5 Å². The quantitative estimate of drug-likeness (QED) is 0.608. The van der Waals surface area contributed by atoms with Crippen LogP contribution in [0, 0.1) is 6.92 Å². The van der Waals surface area contributed by atoms with Crippen LogP contribution in [-0.2, 0) is 4.79 Å². The van der Waals surface area contributed by atoms with Crippen molar-refractivity contribution >= 4 is 45.0 Å². The number of hydrogen-bond donors (Lipinski definition) is 2. The zero-order chi connectivity index (χ0) is 15.2. The van der Waals surface area contributed by atoms with E-state index in [1.54, 1.807) is 17.8 Å². The van der Waals surface area contributed by atoms with E-state index >= 15 is 0 Å². The van der Waals surface area contributed by atoms with Crippen molar-refractivity contribution in [1.82, 2.24) is 0 Å². The normalized spacial score (nSPS) is 10.4. The average Bonchev–Trinajstić information content (AvgIpc) is 2.44. The molecule has 0 aliphatic carbocycles. The fourth-order valence-corrected chi connectivity index (χ4v) is 2.95. The number of rotatable bonds is 5. The highest BCUT2D eigenvalue weighted by molar-refractivity contribution is 9.10. The molecule has 110 valence electrons. The van der Waals surface area contributed by atoms with Crippen LogP contribution in [0.25, 0.3) is 0 Å². The van der Waals surface area contributed by atoms with Crippen molar-refractivity contribution in [3.8, 4) is 0 Å². The van der Waals surface area contributed by atoms with Gasteiger partial charge in [-0.1, -0.05) is 15.9 Å². The molecule has 0 spiro atoms. The summed E-state index contributed by atoms with van der Waals surface area (Å²) in [6.45, 7) is 1.93. The zero-order valence-electron chi connectivity index (χ0n) is 11.7. The van der Waals surface area contributed by atoms with Crippen LogP contribution in [0.5, 0.6) is 0 Å². The third kappa shape index (κ3) is 5.10. The van der Waals surface area contributed by atoms with Crippen molar-refractivity contribution in [2.75, 3.05) is 16.8 Å². The Morgan fingerprint density at radius 2 is 1.95 bits per heavy atom. The lowest BCUT2D eigenvalue weighted by atomic mass is 10.2. The summed E-state index contributed by atoms with van der Waals surface area (Å²) < 4.78 is 1.06. The first-order chi connectivity index (χ1) is 10.0. The highest BCUT2D eigenvalue weighted by atomic mass is 79.9. The summed E-state index contributed by atoms with van der Waals surface area (Å²) in [5, 5.41) is 2.92. The van der Waals surface area contributed by atoms with Gasteiger partial charge < -0.3 is 11.1 Å². The largest absolute Gasteiger partial charge is 0.399 e. The third-order valence-corrected chi connectivity index (χ3v) is 4.48. The minimum absolute atomic E-state index is 0.0208. The van der Waals surface area contributed by atoms with Gasteiger partial charge in [-0.2, -0.15) is 0 Å². The Morgan fingerprint density at radius 1 is 1.24 bits per heavy atom. The molecule has 0 saturated heterocycles. The molecule has 0 unspecified atom stereocenters. The molecule has 2 aromatic rings. The number of nitrogens with two attached hydrogens (primary N) is 1. The summed E-state index contributed by atoms with van der Waals surface area (Å²) in [7, 11) is 0. The number of hydrogen-bond acceptors (Lipinski definition) is 3. The first-order valence-corrected chi connectivity index (χ1v) is 8.37. The SMILES string of the molecule is Cc1cc(N)ccc1NC(=O)CCSc1ccc(Br)cc1. The lowest BCUT2D eigenvalue weighted by Gasteiger charge is -2.09. The number of nitrogens with one attached hydrogen (secondary N) is 1. The lowest BCUT2D eigenvalue weighted by molar-refractivity contribution is -0.115. The van der Waals surface area contributed by atoms with Crippen LogP contribution in [0.4, 0.5) is 11.4 Å². The van der Waals surface area contributed by atoms with E-state index < -0.39 is 0 Å². The molecule has 5 heteroatoms. The molecule has 3 N–H and O–H groups in total. The van der Waals surface area contributed by atoms with Crippen LogP contribution >= 0.6 is 27.7 Å². The molecule has 2 aromatic carbocycles. The predicted octanol–water partition coefficient (Wildman–Crippen LogP) is 4.46. The summed E-state index contributed by atoms with van der Waals surface area (Å²) in [4.78, 5) is 13.1. The Hall–Kier alpha value is -1.46. The zero-order valence-corrected chi connectivity index (χ0v) is 14.1. The molecule has 0 aliphatic heterocycles. The maximum Gasteiger partial charge on any atom is 0.225 e. The van der Waals surface area contributed by atoms with Gasteiger partial charge in [0, 0.05) is 32.9 Å².